The molecule has 0 saturated carbocycles. The van der Waals surface area contributed by atoms with Crippen LogP contribution in [0.15, 0.2) is 48.5 Å². The molecule has 0 aromatic heterocycles. The van der Waals surface area contributed by atoms with Gasteiger partial charge < -0.3 is 19.7 Å². The van der Waals surface area contributed by atoms with Crippen molar-refractivity contribution in [2.24, 2.45) is 0 Å². The van der Waals surface area contributed by atoms with Gasteiger partial charge in [-0.25, -0.2) is 0 Å². The summed E-state index contributed by atoms with van der Waals surface area (Å²) in [6, 6.07) is 13.6. The van der Waals surface area contributed by atoms with Crippen molar-refractivity contribution < 1.29 is 19.7 Å². The summed E-state index contributed by atoms with van der Waals surface area (Å²) >= 11 is 0. The van der Waals surface area contributed by atoms with Crippen LogP contribution in [0, 0.1) is 0 Å². The molecule has 2 N–H and O–H groups in total. The lowest BCUT2D eigenvalue weighted by Crippen LogP contribution is -2.09. The highest BCUT2D eigenvalue weighted by Crippen LogP contribution is 2.21. The SMILES string of the molecule is COc1cccc(OCC(O)c2ccc(O)cc2)c1. The average Bonchev–Trinajstić information content (AvgIpc) is 2.46. The normalized spacial score (nSPS) is 11.9. The fraction of sp³-hybridized carbons (Fsp3) is 0.200. The van der Waals surface area contributed by atoms with E-state index < -0.39 is 6.10 Å². The van der Waals surface area contributed by atoms with Crippen LogP contribution in [0.4, 0.5) is 0 Å². The topological polar surface area (TPSA) is 58.9 Å². The third-order valence-corrected chi connectivity index (χ3v) is 2.73. The molecule has 0 aliphatic heterocycles. The first-order valence-corrected chi connectivity index (χ1v) is 5.93. The van der Waals surface area contributed by atoms with E-state index in [9.17, 15) is 10.2 Å². The number of benzene rings is 2. The first-order valence-electron chi connectivity index (χ1n) is 5.93. The Balaban J connectivity index is 1.96. The maximum absolute atomic E-state index is 9.96. The van der Waals surface area contributed by atoms with E-state index in [-0.39, 0.29) is 12.4 Å². The smallest absolute Gasteiger partial charge is 0.123 e. The number of methoxy groups -OCH3 is 1. The van der Waals surface area contributed by atoms with Crippen molar-refractivity contribution in [1.29, 1.82) is 0 Å². The maximum Gasteiger partial charge on any atom is 0.123 e. The fourth-order valence-electron chi connectivity index (χ4n) is 1.66. The molecule has 19 heavy (non-hydrogen) atoms. The number of ether oxygens (including phenoxy) is 2. The molecule has 0 aliphatic carbocycles. The Morgan fingerprint density at radius 3 is 2.42 bits per heavy atom. The second-order valence-corrected chi connectivity index (χ2v) is 4.10. The van der Waals surface area contributed by atoms with Crippen molar-refractivity contribution in [2.75, 3.05) is 13.7 Å². The van der Waals surface area contributed by atoms with Crippen LogP contribution in [0.3, 0.4) is 0 Å². The van der Waals surface area contributed by atoms with E-state index >= 15 is 0 Å². The van der Waals surface area contributed by atoms with E-state index in [0.717, 1.165) is 0 Å². The number of aliphatic hydroxyl groups is 1. The van der Waals surface area contributed by atoms with Crippen LogP contribution in [0.1, 0.15) is 11.7 Å². The van der Waals surface area contributed by atoms with Crippen LogP contribution in [0.25, 0.3) is 0 Å². The maximum atomic E-state index is 9.96. The molecule has 0 saturated heterocycles. The Hall–Kier alpha value is -2.20. The molecule has 100 valence electrons. The summed E-state index contributed by atoms with van der Waals surface area (Å²) in [6.45, 7) is 0.137. The van der Waals surface area contributed by atoms with Crippen molar-refractivity contribution >= 4 is 0 Å². The zero-order chi connectivity index (χ0) is 13.7. The first-order chi connectivity index (χ1) is 9.19. The highest BCUT2D eigenvalue weighted by Gasteiger charge is 2.08. The van der Waals surface area contributed by atoms with Gasteiger partial charge in [0.15, 0.2) is 0 Å². The molecule has 0 spiro atoms. The Kier molecular flexibility index (Phi) is 4.26. The monoisotopic (exact) mass is 260 g/mol. The van der Waals surface area contributed by atoms with Crippen molar-refractivity contribution in [1.82, 2.24) is 0 Å². The van der Waals surface area contributed by atoms with Gasteiger partial charge in [0.2, 0.25) is 0 Å². The molecule has 4 nitrogen and oxygen atoms in total. The largest absolute Gasteiger partial charge is 0.508 e. The molecule has 0 bridgehead atoms. The predicted octanol–water partition coefficient (Wildman–Crippen LogP) is 2.51. The van der Waals surface area contributed by atoms with Crippen molar-refractivity contribution in [2.45, 2.75) is 6.10 Å². The van der Waals surface area contributed by atoms with Gasteiger partial charge >= 0.3 is 0 Å². The number of hydrogen-bond donors (Lipinski definition) is 2. The highest BCUT2D eigenvalue weighted by molar-refractivity contribution is 5.33. The molecular formula is C15H16O4. The van der Waals surface area contributed by atoms with Gasteiger partial charge in [-0.3, -0.25) is 0 Å². The molecule has 2 aromatic carbocycles. The number of rotatable bonds is 5. The molecule has 0 fully saturated rings. The molecule has 2 rings (SSSR count). The van der Waals surface area contributed by atoms with Gasteiger partial charge in [0.1, 0.15) is 30.0 Å². The number of aliphatic hydroxyl groups excluding tert-OH is 1. The molecule has 0 heterocycles. The summed E-state index contributed by atoms with van der Waals surface area (Å²) in [7, 11) is 1.59. The van der Waals surface area contributed by atoms with Gasteiger partial charge in [-0.2, -0.15) is 0 Å². The molecule has 1 atom stereocenters. The Morgan fingerprint density at radius 1 is 1.05 bits per heavy atom. The summed E-state index contributed by atoms with van der Waals surface area (Å²) in [6.07, 6.45) is -0.744. The minimum absolute atomic E-state index is 0.137. The Morgan fingerprint density at radius 2 is 1.74 bits per heavy atom. The summed E-state index contributed by atoms with van der Waals surface area (Å²) in [4.78, 5) is 0. The number of phenolic OH excluding ortho intramolecular Hbond substituents is 1. The van der Waals surface area contributed by atoms with Gasteiger partial charge in [0, 0.05) is 6.07 Å². The van der Waals surface area contributed by atoms with Crippen LogP contribution in [0.5, 0.6) is 17.2 Å². The van der Waals surface area contributed by atoms with Crippen LogP contribution in [-0.4, -0.2) is 23.9 Å². The molecule has 0 aliphatic rings. The molecule has 1 unspecified atom stereocenters. The zero-order valence-electron chi connectivity index (χ0n) is 10.6. The lowest BCUT2D eigenvalue weighted by atomic mass is 10.1. The molecule has 0 radical (unpaired) electrons. The second kappa shape index (κ2) is 6.11. The van der Waals surface area contributed by atoms with Crippen molar-refractivity contribution in [3.8, 4) is 17.2 Å². The number of aromatic hydroxyl groups is 1. The quantitative estimate of drug-likeness (QED) is 0.867. The third-order valence-electron chi connectivity index (χ3n) is 2.73. The fourth-order valence-corrected chi connectivity index (χ4v) is 1.66. The summed E-state index contributed by atoms with van der Waals surface area (Å²) in [5.41, 5.74) is 0.695. The second-order valence-electron chi connectivity index (χ2n) is 4.10. The van der Waals surface area contributed by atoms with E-state index in [1.807, 2.05) is 12.1 Å². The van der Waals surface area contributed by atoms with E-state index in [4.69, 9.17) is 9.47 Å². The predicted molar refractivity (Wildman–Crippen MR) is 71.6 cm³/mol. The standard InChI is InChI=1S/C15H16O4/c1-18-13-3-2-4-14(9-13)19-10-15(17)11-5-7-12(16)8-6-11/h2-9,15-17H,10H2,1H3. The minimum Gasteiger partial charge on any atom is -0.508 e. The summed E-state index contributed by atoms with van der Waals surface area (Å²) in [5.74, 6) is 1.51. The van der Waals surface area contributed by atoms with Gasteiger partial charge in [-0.15, -0.1) is 0 Å². The van der Waals surface area contributed by atoms with Gasteiger partial charge in [-0.05, 0) is 29.8 Å². The van der Waals surface area contributed by atoms with Crippen molar-refractivity contribution in [3.63, 3.8) is 0 Å². The zero-order valence-corrected chi connectivity index (χ0v) is 10.6. The van der Waals surface area contributed by atoms with Gasteiger partial charge in [0.25, 0.3) is 0 Å². The van der Waals surface area contributed by atoms with Crippen LogP contribution in [0.2, 0.25) is 0 Å². The van der Waals surface area contributed by atoms with E-state index in [0.29, 0.717) is 17.1 Å². The Labute approximate surface area is 111 Å². The number of phenols is 1. The van der Waals surface area contributed by atoms with E-state index in [1.165, 1.54) is 12.1 Å². The average molecular weight is 260 g/mol. The lowest BCUT2D eigenvalue weighted by Gasteiger charge is -2.13. The van der Waals surface area contributed by atoms with Crippen molar-refractivity contribution in [3.05, 3.63) is 54.1 Å². The highest BCUT2D eigenvalue weighted by atomic mass is 16.5. The summed E-state index contributed by atoms with van der Waals surface area (Å²) < 4.78 is 10.6. The Bertz CT molecular complexity index is 522. The third kappa shape index (κ3) is 3.63. The van der Waals surface area contributed by atoms with Gasteiger partial charge in [-0.1, -0.05) is 18.2 Å². The summed E-state index contributed by atoms with van der Waals surface area (Å²) in [5, 5.41) is 19.1. The van der Waals surface area contributed by atoms with Crippen LogP contribution < -0.4 is 9.47 Å². The molecule has 0 amide bonds. The molecular weight excluding hydrogens is 244 g/mol. The molecule has 2 aromatic rings. The van der Waals surface area contributed by atoms with E-state index in [2.05, 4.69) is 0 Å². The van der Waals surface area contributed by atoms with Crippen LogP contribution in [-0.2, 0) is 0 Å². The minimum atomic E-state index is -0.744. The number of hydrogen-bond acceptors (Lipinski definition) is 4. The lowest BCUT2D eigenvalue weighted by molar-refractivity contribution is 0.108. The molecule has 4 heteroatoms. The van der Waals surface area contributed by atoms with Crippen LogP contribution >= 0.6 is 0 Å². The van der Waals surface area contributed by atoms with Gasteiger partial charge in [0.05, 0.1) is 7.11 Å². The van der Waals surface area contributed by atoms with E-state index in [1.54, 1.807) is 31.4 Å². The first kappa shape index (κ1) is 13.2.